The van der Waals surface area contributed by atoms with Gasteiger partial charge in [-0.15, -0.1) is 0 Å². The molecule has 218 valence electrons. The topological polar surface area (TPSA) is 103 Å². The number of sulfonamides is 1. The van der Waals surface area contributed by atoms with E-state index in [0.29, 0.717) is 34.3 Å². The van der Waals surface area contributed by atoms with Crippen molar-refractivity contribution in [3.05, 3.63) is 94.6 Å². The van der Waals surface area contributed by atoms with Gasteiger partial charge in [-0.25, -0.2) is 17.5 Å². The van der Waals surface area contributed by atoms with Gasteiger partial charge in [0.2, 0.25) is 10.0 Å². The first-order chi connectivity index (χ1) is 19.8. The summed E-state index contributed by atoms with van der Waals surface area (Å²) in [7, 11) is -2.50. The lowest BCUT2D eigenvalue weighted by Crippen LogP contribution is -2.53. The highest BCUT2D eigenvalue weighted by Crippen LogP contribution is 2.47. The molecule has 1 aliphatic heterocycles. The first-order valence-electron chi connectivity index (χ1n) is 12.9. The Kier molecular flexibility index (Phi) is 6.46. The lowest BCUT2D eigenvalue weighted by molar-refractivity contribution is -0.137. The number of rotatable bonds is 5. The molecule has 4 aromatic rings. The quantitative estimate of drug-likeness (QED) is 0.249. The molecule has 2 aliphatic rings. The zero-order chi connectivity index (χ0) is 30.0. The van der Waals surface area contributed by atoms with Crippen molar-refractivity contribution in [3.63, 3.8) is 0 Å². The molecule has 1 aromatic carbocycles. The maximum Gasteiger partial charge on any atom is 0.416 e. The van der Waals surface area contributed by atoms with Gasteiger partial charge in [0.05, 0.1) is 40.4 Å². The maximum atomic E-state index is 14.3. The third-order valence-corrected chi connectivity index (χ3v) is 9.96. The van der Waals surface area contributed by atoms with Crippen LogP contribution in [-0.2, 0) is 29.7 Å². The first-order valence-corrected chi connectivity index (χ1v) is 14.4. The number of piperidine rings is 1. The van der Waals surface area contributed by atoms with Gasteiger partial charge in [0.15, 0.2) is 5.78 Å². The van der Waals surface area contributed by atoms with Gasteiger partial charge < -0.3 is 0 Å². The van der Waals surface area contributed by atoms with E-state index in [0.717, 1.165) is 12.3 Å². The van der Waals surface area contributed by atoms with Crippen molar-refractivity contribution in [1.82, 2.24) is 28.9 Å². The summed E-state index contributed by atoms with van der Waals surface area (Å²) in [5.74, 6) is -1.14. The SMILES string of the molecule is Cc1c(S(=O)(=O)N2CCC3=Cc4c(cnn4-c4ccc(F)cc4)C[C@]3(C(=O)c3cc(C(F)(F)F)ccn3)C2)cnn1C. The zero-order valence-corrected chi connectivity index (χ0v) is 23.2. The zero-order valence-electron chi connectivity index (χ0n) is 22.4. The Morgan fingerprint density at radius 3 is 2.48 bits per heavy atom. The lowest BCUT2D eigenvalue weighted by Gasteiger charge is -2.44. The number of fused-ring (bicyclic) bond motifs is 2. The Labute approximate surface area is 238 Å². The van der Waals surface area contributed by atoms with E-state index >= 15 is 0 Å². The number of benzene rings is 1. The minimum absolute atomic E-state index is 0.0159. The van der Waals surface area contributed by atoms with Gasteiger partial charge in [0.1, 0.15) is 16.4 Å². The number of hydrogen-bond acceptors (Lipinski definition) is 6. The van der Waals surface area contributed by atoms with E-state index in [9.17, 15) is 30.8 Å². The summed E-state index contributed by atoms with van der Waals surface area (Å²) in [5, 5.41) is 8.47. The van der Waals surface area contributed by atoms with E-state index in [-0.39, 0.29) is 30.8 Å². The maximum absolute atomic E-state index is 14.3. The number of pyridine rings is 1. The average Bonchev–Trinajstić information content (AvgIpc) is 3.53. The molecule has 0 unspecified atom stereocenters. The minimum atomic E-state index is -4.70. The molecular formula is C28H24F4N6O3S. The standard InChI is InChI=1S/C28H24F4N6O3S/c1-17-25(15-34-36(17)2)42(40,41)37-10-8-19-12-24-18(14-35-38(24)22-5-3-21(29)4-6-22)13-27(19,16-37)26(39)23-11-20(7-9-33-23)28(30,31)32/h3-7,9,11-12,14-15H,8,10,13,16H2,1-2H3/t27-/m0/s1. The summed E-state index contributed by atoms with van der Waals surface area (Å²) >= 11 is 0. The minimum Gasteiger partial charge on any atom is -0.291 e. The van der Waals surface area contributed by atoms with Crippen LogP contribution in [0.3, 0.4) is 0 Å². The molecule has 0 bridgehead atoms. The van der Waals surface area contributed by atoms with Crippen molar-refractivity contribution in [3.8, 4) is 5.69 Å². The van der Waals surface area contributed by atoms with Gasteiger partial charge in [-0.1, -0.05) is 5.57 Å². The number of aromatic nitrogens is 5. The van der Waals surface area contributed by atoms with Crippen LogP contribution in [0.4, 0.5) is 17.6 Å². The van der Waals surface area contributed by atoms with Crippen LogP contribution in [0.15, 0.2) is 65.5 Å². The summed E-state index contributed by atoms with van der Waals surface area (Å²) in [5.41, 5.74) is -0.254. The van der Waals surface area contributed by atoms with E-state index in [4.69, 9.17) is 0 Å². The number of nitrogens with zero attached hydrogens (tertiary/aromatic N) is 6. The second-order valence-electron chi connectivity index (χ2n) is 10.4. The highest BCUT2D eigenvalue weighted by Gasteiger charge is 2.52. The fourth-order valence-electron chi connectivity index (χ4n) is 5.66. The molecular weight excluding hydrogens is 576 g/mol. The third kappa shape index (κ3) is 4.45. The predicted molar refractivity (Wildman–Crippen MR) is 143 cm³/mol. The van der Waals surface area contributed by atoms with Crippen LogP contribution in [0.1, 0.15) is 39.4 Å². The number of hydrogen-bond donors (Lipinski definition) is 0. The Hall–Kier alpha value is -4.17. The predicted octanol–water partition coefficient (Wildman–Crippen LogP) is 4.37. The van der Waals surface area contributed by atoms with Crippen LogP contribution < -0.4 is 0 Å². The molecule has 0 spiro atoms. The number of Topliss-reactive ketones (excluding diaryl/α,β-unsaturated/α-hetero) is 1. The molecule has 1 atom stereocenters. The molecule has 0 N–H and O–H groups in total. The van der Waals surface area contributed by atoms with Crippen LogP contribution >= 0.6 is 0 Å². The monoisotopic (exact) mass is 600 g/mol. The van der Waals surface area contributed by atoms with Crippen LogP contribution in [0.5, 0.6) is 0 Å². The molecule has 1 fully saturated rings. The molecule has 14 heteroatoms. The van der Waals surface area contributed by atoms with Crippen molar-refractivity contribution in [2.75, 3.05) is 13.1 Å². The summed E-state index contributed by atoms with van der Waals surface area (Å²) in [4.78, 5) is 18.2. The second-order valence-corrected chi connectivity index (χ2v) is 12.3. The van der Waals surface area contributed by atoms with Gasteiger partial charge in [-0.05, 0) is 67.8 Å². The van der Waals surface area contributed by atoms with Crippen molar-refractivity contribution in [2.24, 2.45) is 12.5 Å². The Bertz CT molecular complexity index is 1860. The Balaban J connectivity index is 1.48. The summed E-state index contributed by atoms with van der Waals surface area (Å²) in [6.07, 6.45) is 0.836. The van der Waals surface area contributed by atoms with Crippen LogP contribution in [-0.4, -0.2) is 56.1 Å². The largest absolute Gasteiger partial charge is 0.416 e. The molecule has 1 saturated heterocycles. The summed E-state index contributed by atoms with van der Waals surface area (Å²) < 4.78 is 86.0. The molecule has 42 heavy (non-hydrogen) atoms. The molecule has 3 aromatic heterocycles. The third-order valence-electron chi connectivity index (χ3n) is 8.01. The van der Waals surface area contributed by atoms with E-state index in [1.54, 1.807) is 36.9 Å². The number of halogens is 4. The Morgan fingerprint density at radius 1 is 1.07 bits per heavy atom. The number of alkyl halides is 3. The molecule has 9 nitrogen and oxygen atoms in total. The van der Waals surface area contributed by atoms with Crippen LogP contribution in [0, 0.1) is 18.2 Å². The smallest absolute Gasteiger partial charge is 0.291 e. The molecule has 0 saturated carbocycles. The van der Waals surface area contributed by atoms with E-state index in [1.807, 2.05) is 0 Å². The molecule has 0 amide bonds. The summed E-state index contributed by atoms with van der Waals surface area (Å²) in [6.45, 7) is 1.33. The van der Waals surface area contributed by atoms with E-state index < -0.39 is 44.5 Å². The number of ketones is 1. The van der Waals surface area contributed by atoms with Crippen molar-refractivity contribution in [2.45, 2.75) is 30.8 Å². The van der Waals surface area contributed by atoms with Crippen LogP contribution in [0.2, 0.25) is 0 Å². The first kappa shape index (κ1) is 28.0. The normalized spacial score (nSPS) is 19.2. The fourth-order valence-corrected chi connectivity index (χ4v) is 7.34. The molecule has 6 rings (SSSR count). The van der Waals surface area contributed by atoms with Gasteiger partial charge in [0.25, 0.3) is 0 Å². The highest BCUT2D eigenvalue weighted by molar-refractivity contribution is 7.89. The highest BCUT2D eigenvalue weighted by atomic mass is 32.2. The van der Waals surface area contributed by atoms with Crippen molar-refractivity contribution in [1.29, 1.82) is 0 Å². The van der Waals surface area contributed by atoms with Gasteiger partial charge in [-0.3, -0.25) is 14.5 Å². The number of carbonyl (C=O) groups excluding carboxylic acids is 1. The average molecular weight is 601 g/mol. The van der Waals surface area contributed by atoms with Crippen molar-refractivity contribution >= 4 is 21.9 Å². The summed E-state index contributed by atoms with van der Waals surface area (Å²) in [6, 6.07) is 7.15. The number of carbonyl (C=O) groups is 1. The molecule has 4 heterocycles. The molecule has 1 aliphatic carbocycles. The lowest BCUT2D eigenvalue weighted by atomic mass is 9.65. The van der Waals surface area contributed by atoms with E-state index in [1.165, 1.54) is 33.5 Å². The van der Waals surface area contributed by atoms with Gasteiger partial charge in [-0.2, -0.15) is 27.7 Å². The Morgan fingerprint density at radius 2 is 1.81 bits per heavy atom. The molecule has 0 radical (unpaired) electrons. The fraction of sp³-hybridized carbons (Fsp3) is 0.286. The van der Waals surface area contributed by atoms with E-state index in [2.05, 4.69) is 15.2 Å². The second kappa shape index (κ2) is 9.70. The van der Waals surface area contributed by atoms with Gasteiger partial charge >= 0.3 is 6.18 Å². The van der Waals surface area contributed by atoms with Gasteiger partial charge in [0, 0.05) is 26.3 Å². The van der Waals surface area contributed by atoms with Crippen molar-refractivity contribution < 1.29 is 30.8 Å². The number of aryl methyl sites for hydroxylation is 1. The van der Waals surface area contributed by atoms with Crippen LogP contribution in [0.25, 0.3) is 11.8 Å².